The number of nitrogens with zero attached hydrogens (tertiary/aromatic N) is 3. The Labute approximate surface area is 158 Å². The maximum absolute atomic E-state index is 12.7. The van der Waals surface area contributed by atoms with Gasteiger partial charge in [-0.05, 0) is 37.5 Å². The summed E-state index contributed by atoms with van der Waals surface area (Å²) in [6, 6.07) is 3.49. The molecule has 2 amide bonds. The number of anilines is 1. The number of aromatic nitrogens is 2. The summed E-state index contributed by atoms with van der Waals surface area (Å²) in [4.78, 5) is 26.5. The van der Waals surface area contributed by atoms with E-state index in [1.807, 2.05) is 19.1 Å². The Hall–Kier alpha value is -2.32. The number of imidazole rings is 1. The van der Waals surface area contributed by atoms with Crippen molar-refractivity contribution in [1.29, 1.82) is 0 Å². The summed E-state index contributed by atoms with van der Waals surface area (Å²) in [6.45, 7) is 3.61. The largest absolute Gasteiger partial charge is 0.396 e. The number of nitrogens with one attached hydrogen (secondary N) is 1. The molecule has 8 nitrogen and oxygen atoms in total. The average Bonchev–Trinajstić information content (AvgIpc) is 2.86. The highest BCUT2D eigenvalue weighted by Crippen LogP contribution is 2.31. The molecule has 0 unspecified atom stereocenters. The summed E-state index contributed by atoms with van der Waals surface area (Å²) >= 11 is 0. The first-order valence-electron chi connectivity index (χ1n) is 9.15. The van der Waals surface area contributed by atoms with Gasteiger partial charge in [0.2, 0.25) is 0 Å². The number of aliphatic hydroxyl groups excluding tert-OH is 1. The standard InChI is InChI=1S/C19H28N4O4/c1-13-9-15-16(23(4)18(26)22(15)3)10-14(13)20-17(25)21(2)11-19(12-24)5-7-27-8-6-19/h9-10,24H,5-8,11-12H2,1-4H3,(H,20,25). The third-order valence-corrected chi connectivity index (χ3v) is 5.67. The minimum Gasteiger partial charge on any atom is -0.396 e. The number of rotatable bonds is 4. The van der Waals surface area contributed by atoms with Crippen molar-refractivity contribution in [2.45, 2.75) is 19.8 Å². The van der Waals surface area contributed by atoms with Crippen LogP contribution in [-0.2, 0) is 18.8 Å². The smallest absolute Gasteiger partial charge is 0.328 e. The highest BCUT2D eigenvalue weighted by molar-refractivity contribution is 5.93. The van der Waals surface area contributed by atoms with Crippen molar-refractivity contribution in [3.63, 3.8) is 0 Å². The number of aryl methyl sites for hydroxylation is 3. The van der Waals surface area contributed by atoms with Gasteiger partial charge in [0.1, 0.15) is 0 Å². The van der Waals surface area contributed by atoms with E-state index < -0.39 is 0 Å². The maximum atomic E-state index is 12.7. The van der Waals surface area contributed by atoms with E-state index >= 15 is 0 Å². The molecule has 1 aromatic heterocycles. The first-order valence-corrected chi connectivity index (χ1v) is 9.15. The topological polar surface area (TPSA) is 88.7 Å². The second-order valence-electron chi connectivity index (χ2n) is 7.61. The monoisotopic (exact) mass is 376 g/mol. The number of aliphatic hydroxyl groups is 1. The van der Waals surface area contributed by atoms with Crippen LogP contribution in [0.15, 0.2) is 16.9 Å². The van der Waals surface area contributed by atoms with Crippen LogP contribution in [0.25, 0.3) is 11.0 Å². The third-order valence-electron chi connectivity index (χ3n) is 5.67. The lowest BCUT2D eigenvalue weighted by Crippen LogP contribution is -2.45. The van der Waals surface area contributed by atoms with E-state index in [1.165, 1.54) is 0 Å². The van der Waals surface area contributed by atoms with Gasteiger partial charge in [0.05, 0.1) is 17.6 Å². The molecular formula is C19H28N4O4. The lowest BCUT2D eigenvalue weighted by Gasteiger charge is -2.38. The highest BCUT2D eigenvalue weighted by atomic mass is 16.5. The Morgan fingerprint density at radius 2 is 1.85 bits per heavy atom. The van der Waals surface area contributed by atoms with Crippen LogP contribution in [0.5, 0.6) is 0 Å². The van der Waals surface area contributed by atoms with Crippen LogP contribution < -0.4 is 11.0 Å². The van der Waals surface area contributed by atoms with Gasteiger partial charge < -0.3 is 20.1 Å². The molecule has 3 rings (SSSR count). The van der Waals surface area contributed by atoms with Gasteiger partial charge in [-0.2, -0.15) is 0 Å². The molecule has 1 aliphatic rings. The Kier molecular flexibility index (Phi) is 5.30. The summed E-state index contributed by atoms with van der Waals surface area (Å²) in [7, 11) is 5.18. The Balaban J connectivity index is 1.80. The van der Waals surface area contributed by atoms with Gasteiger partial charge in [-0.1, -0.05) is 0 Å². The zero-order valence-corrected chi connectivity index (χ0v) is 16.4. The molecule has 2 N–H and O–H groups in total. The van der Waals surface area contributed by atoms with Gasteiger partial charge in [0.25, 0.3) is 0 Å². The SMILES string of the molecule is Cc1cc2c(cc1NC(=O)N(C)CC1(CO)CCOCC1)n(C)c(=O)n2C. The fourth-order valence-corrected chi connectivity index (χ4v) is 3.74. The van der Waals surface area contributed by atoms with Crippen molar-refractivity contribution in [1.82, 2.24) is 14.0 Å². The highest BCUT2D eigenvalue weighted by Gasteiger charge is 2.34. The number of benzene rings is 1. The molecule has 27 heavy (non-hydrogen) atoms. The van der Waals surface area contributed by atoms with E-state index in [9.17, 15) is 14.7 Å². The Morgan fingerprint density at radius 3 is 2.44 bits per heavy atom. The molecule has 148 valence electrons. The zero-order valence-electron chi connectivity index (χ0n) is 16.4. The second kappa shape index (κ2) is 7.36. The van der Waals surface area contributed by atoms with Crippen molar-refractivity contribution >= 4 is 22.8 Å². The molecule has 1 fully saturated rings. The zero-order chi connectivity index (χ0) is 19.8. The number of fused-ring (bicyclic) bond motifs is 1. The van der Waals surface area contributed by atoms with Crippen LogP contribution in [0.4, 0.5) is 10.5 Å². The van der Waals surface area contributed by atoms with Crippen molar-refractivity contribution < 1.29 is 14.6 Å². The molecule has 8 heteroatoms. The molecule has 0 atom stereocenters. The number of hydrogen-bond acceptors (Lipinski definition) is 4. The summed E-state index contributed by atoms with van der Waals surface area (Å²) < 4.78 is 8.54. The molecule has 0 radical (unpaired) electrons. The molecule has 0 saturated carbocycles. The number of ether oxygens (including phenoxy) is 1. The van der Waals surface area contributed by atoms with E-state index in [1.54, 1.807) is 35.2 Å². The van der Waals surface area contributed by atoms with Crippen LogP contribution in [0, 0.1) is 12.3 Å². The molecule has 1 saturated heterocycles. The van der Waals surface area contributed by atoms with E-state index in [0.29, 0.717) is 25.4 Å². The third kappa shape index (κ3) is 3.59. The Morgan fingerprint density at radius 1 is 1.26 bits per heavy atom. The van der Waals surface area contributed by atoms with Crippen molar-refractivity contribution in [2.75, 3.05) is 38.7 Å². The molecule has 0 bridgehead atoms. The van der Waals surface area contributed by atoms with Crippen LogP contribution >= 0.6 is 0 Å². The molecule has 2 heterocycles. The molecule has 2 aromatic rings. The van der Waals surface area contributed by atoms with Crippen LogP contribution in [0.3, 0.4) is 0 Å². The minimum absolute atomic E-state index is 0.0328. The number of amides is 2. The van der Waals surface area contributed by atoms with E-state index in [2.05, 4.69) is 5.32 Å². The minimum atomic E-state index is -0.313. The first-order chi connectivity index (χ1) is 12.8. The van der Waals surface area contributed by atoms with Crippen LogP contribution in [0.1, 0.15) is 18.4 Å². The fourth-order valence-electron chi connectivity index (χ4n) is 3.74. The quantitative estimate of drug-likeness (QED) is 0.845. The van der Waals surface area contributed by atoms with Crippen molar-refractivity contribution in [2.24, 2.45) is 19.5 Å². The maximum Gasteiger partial charge on any atom is 0.328 e. The number of hydrogen-bond donors (Lipinski definition) is 2. The lowest BCUT2D eigenvalue weighted by molar-refractivity contribution is -0.0255. The van der Waals surface area contributed by atoms with Gasteiger partial charge in [0, 0.05) is 52.0 Å². The average molecular weight is 376 g/mol. The summed E-state index contributed by atoms with van der Waals surface area (Å²) in [5.74, 6) is 0. The fraction of sp³-hybridized carbons (Fsp3) is 0.579. The summed E-state index contributed by atoms with van der Waals surface area (Å²) in [5, 5.41) is 12.8. The molecular weight excluding hydrogens is 348 g/mol. The van der Waals surface area contributed by atoms with Gasteiger partial charge in [-0.15, -0.1) is 0 Å². The number of carbonyl (C=O) groups is 1. The van der Waals surface area contributed by atoms with Gasteiger partial charge in [-0.25, -0.2) is 9.59 Å². The molecule has 0 aliphatic carbocycles. The summed E-state index contributed by atoms with van der Waals surface area (Å²) in [5.41, 5.74) is 2.73. The predicted octanol–water partition coefficient (Wildman–Crippen LogP) is 1.44. The van der Waals surface area contributed by atoms with Crippen LogP contribution in [0.2, 0.25) is 0 Å². The van der Waals surface area contributed by atoms with Gasteiger partial charge >= 0.3 is 11.7 Å². The van der Waals surface area contributed by atoms with Crippen molar-refractivity contribution in [3.8, 4) is 0 Å². The van der Waals surface area contributed by atoms with Gasteiger partial charge in [0.15, 0.2) is 0 Å². The van der Waals surface area contributed by atoms with E-state index in [-0.39, 0.29) is 23.7 Å². The number of urea groups is 1. The summed E-state index contributed by atoms with van der Waals surface area (Å²) in [6.07, 6.45) is 1.47. The second-order valence-corrected chi connectivity index (χ2v) is 7.61. The molecule has 1 aromatic carbocycles. The van der Waals surface area contributed by atoms with E-state index in [0.717, 1.165) is 29.4 Å². The Bertz CT molecular complexity index is 909. The number of carbonyl (C=O) groups excluding carboxylic acids is 1. The van der Waals surface area contributed by atoms with E-state index in [4.69, 9.17) is 4.74 Å². The lowest BCUT2D eigenvalue weighted by atomic mass is 9.80. The molecule has 1 aliphatic heterocycles. The van der Waals surface area contributed by atoms with Gasteiger partial charge in [-0.3, -0.25) is 9.13 Å². The first kappa shape index (κ1) is 19.4. The van der Waals surface area contributed by atoms with Crippen molar-refractivity contribution in [3.05, 3.63) is 28.2 Å². The van der Waals surface area contributed by atoms with Crippen LogP contribution in [-0.4, -0.2) is 58.6 Å². The molecule has 0 spiro atoms. The normalized spacial score (nSPS) is 16.5. The predicted molar refractivity (Wildman–Crippen MR) is 104 cm³/mol.